The Hall–Kier alpha value is -0.390. The Morgan fingerprint density at radius 1 is 1.32 bits per heavy atom. The van der Waals surface area contributed by atoms with Crippen LogP contribution in [0.25, 0.3) is 0 Å². The predicted octanol–water partition coefficient (Wildman–Crippen LogP) is 3.75. The lowest BCUT2D eigenvalue weighted by atomic mass is 9.90. The van der Waals surface area contributed by atoms with Gasteiger partial charge in [0.15, 0.2) is 0 Å². The number of aliphatic carboxylic acids is 1. The lowest BCUT2D eigenvalue weighted by Crippen LogP contribution is -2.41. The number of rotatable bonds is 3. The molecule has 1 aliphatic rings. The molecule has 1 fully saturated rings. The van der Waals surface area contributed by atoms with Crippen molar-refractivity contribution in [1.29, 1.82) is 0 Å². The van der Waals surface area contributed by atoms with Gasteiger partial charge in [0.05, 0.1) is 5.92 Å². The maximum Gasteiger partial charge on any atom is 0.307 e. The molecule has 104 valence electrons. The van der Waals surface area contributed by atoms with Crippen molar-refractivity contribution in [3.63, 3.8) is 0 Å². The maximum atomic E-state index is 11.2. The summed E-state index contributed by atoms with van der Waals surface area (Å²) in [5.41, 5.74) is 1.19. The van der Waals surface area contributed by atoms with Gasteiger partial charge in [-0.25, -0.2) is 0 Å². The molecule has 0 aliphatic carbocycles. The Bertz CT molecular complexity index is 458. The molecule has 19 heavy (non-hydrogen) atoms. The molecule has 2 atom stereocenters. The van der Waals surface area contributed by atoms with Crippen LogP contribution in [0.1, 0.15) is 18.9 Å². The largest absolute Gasteiger partial charge is 0.481 e. The normalized spacial score (nSPS) is 24.4. The van der Waals surface area contributed by atoms with Crippen molar-refractivity contribution in [1.82, 2.24) is 4.90 Å². The van der Waals surface area contributed by atoms with E-state index in [1.165, 1.54) is 5.56 Å². The van der Waals surface area contributed by atoms with Crippen molar-refractivity contribution in [2.45, 2.75) is 19.9 Å². The van der Waals surface area contributed by atoms with E-state index >= 15 is 0 Å². The number of hydrogen-bond donors (Lipinski definition) is 1. The van der Waals surface area contributed by atoms with E-state index in [2.05, 4.69) is 55.8 Å². The van der Waals surface area contributed by atoms with E-state index in [0.717, 1.165) is 28.5 Å². The molecule has 0 saturated carbocycles. The summed E-state index contributed by atoms with van der Waals surface area (Å²) in [7, 11) is 0. The number of halogens is 2. The lowest BCUT2D eigenvalue weighted by molar-refractivity contribution is -0.144. The van der Waals surface area contributed by atoms with Gasteiger partial charge < -0.3 is 5.11 Å². The van der Waals surface area contributed by atoms with Gasteiger partial charge in [-0.3, -0.25) is 9.69 Å². The van der Waals surface area contributed by atoms with Gasteiger partial charge in [0.25, 0.3) is 0 Å². The monoisotopic (exact) mass is 389 g/mol. The van der Waals surface area contributed by atoms with Crippen LogP contribution in [0.4, 0.5) is 0 Å². The smallest absolute Gasteiger partial charge is 0.307 e. The summed E-state index contributed by atoms with van der Waals surface area (Å²) >= 11 is 6.96. The molecule has 1 aromatic rings. The minimum absolute atomic E-state index is 0.237. The molecular formula is C14H17Br2NO2. The fourth-order valence-electron chi connectivity index (χ4n) is 2.73. The average Bonchev–Trinajstić information content (AvgIpc) is 2.26. The SMILES string of the molecule is CC1CC(C(=O)O)CN(Cc2cc(Br)cc(Br)c2)C1. The van der Waals surface area contributed by atoms with E-state index in [1.54, 1.807) is 0 Å². The van der Waals surface area contributed by atoms with E-state index in [4.69, 9.17) is 0 Å². The third kappa shape index (κ3) is 4.29. The van der Waals surface area contributed by atoms with Crippen LogP contribution < -0.4 is 0 Å². The van der Waals surface area contributed by atoms with Gasteiger partial charge in [-0.1, -0.05) is 38.8 Å². The molecule has 0 radical (unpaired) electrons. The molecule has 1 N–H and O–H groups in total. The highest BCUT2D eigenvalue weighted by molar-refractivity contribution is 9.11. The second kappa shape index (κ2) is 6.37. The Balaban J connectivity index is 2.07. The molecule has 1 saturated heterocycles. The van der Waals surface area contributed by atoms with E-state index < -0.39 is 5.97 Å². The van der Waals surface area contributed by atoms with Crippen LogP contribution in [0.15, 0.2) is 27.1 Å². The number of likely N-dealkylation sites (tertiary alicyclic amines) is 1. The zero-order valence-electron chi connectivity index (χ0n) is 10.8. The highest BCUT2D eigenvalue weighted by Gasteiger charge is 2.29. The topological polar surface area (TPSA) is 40.5 Å². The van der Waals surface area contributed by atoms with Crippen LogP contribution in [-0.2, 0) is 11.3 Å². The van der Waals surface area contributed by atoms with Gasteiger partial charge >= 0.3 is 5.97 Å². The third-order valence-electron chi connectivity index (χ3n) is 3.41. The van der Waals surface area contributed by atoms with Crippen LogP contribution in [-0.4, -0.2) is 29.1 Å². The van der Waals surface area contributed by atoms with Crippen LogP contribution in [0.3, 0.4) is 0 Å². The number of benzene rings is 1. The summed E-state index contributed by atoms with van der Waals surface area (Å²) in [6, 6.07) is 6.17. The summed E-state index contributed by atoms with van der Waals surface area (Å²) < 4.78 is 2.08. The molecule has 0 bridgehead atoms. The molecule has 0 aromatic heterocycles. The summed E-state index contributed by atoms with van der Waals surface area (Å²) in [5, 5.41) is 9.19. The van der Waals surface area contributed by atoms with Crippen LogP contribution in [0.2, 0.25) is 0 Å². The minimum Gasteiger partial charge on any atom is -0.481 e. The summed E-state index contributed by atoms with van der Waals surface area (Å²) in [4.78, 5) is 13.4. The van der Waals surface area contributed by atoms with Crippen LogP contribution in [0.5, 0.6) is 0 Å². The van der Waals surface area contributed by atoms with E-state index in [-0.39, 0.29) is 5.92 Å². The van der Waals surface area contributed by atoms with Crippen molar-refractivity contribution < 1.29 is 9.90 Å². The maximum absolute atomic E-state index is 11.2. The van der Waals surface area contributed by atoms with Gasteiger partial charge in [-0.05, 0) is 36.1 Å². The van der Waals surface area contributed by atoms with Crippen molar-refractivity contribution >= 4 is 37.8 Å². The minimum atomic E-state index is -0.674. The van der Waals surface area contributed by atoms with E-state index in [1.807, 2.05) is 6.07 Å². The highest BCUT2D eigenvalue weighted by Crippen LogP contribution is 2.25. The average molecular weight is 391 g/mol. The highest BCUT2D eigenvalue weighted by atomic mass is 79.9. The first-order valence-corrected chi connectivity index (χ1v) is 7.92. The summed E-state index contributed by atoms with van der Waals surface area (Å²) in [6.07, 6.45) is 0.786. The second-order valence-electron chi connectivity index (χ2n) is 5.35. The van der Waals surface area contributed by atoms with Crippen molar-refractivity contribution in [3.05, 3.63) is 32.7 Å². The molecule has 1 aromatic carbocycles. The molecule has 1 aliphatic heterocycles. The molecule has 5 heteroatoms. The number of carbonyl (C=O) groups is 1. The zero-order valence-corrected chi connectivity index (χ0v) is 13.9. The van der Waals surface area contributed by atoms with Gasteiger partial charge in [-0.15, -0.1) is 0 Å². The Morgan fingerprint density at radius 3 is 2.53 bits per heavy atom. The van der Waals surface area contributed by atoms with Crippen LogP contribution in [0, 0.1) is 11.8 Å². The first-order valence-electron chi connectivity index (χ1n) is 6.34. The predicted molar refractivity (Wildman–Crippen MR) is 82.0 cm³/mol. The van der Waals surface area contributed by atoms with Gasteiger partial charge in [0.1, 0.15) is 0 Å². The Kier molecular flexibility index (Phi) is 5.03. The molecule has 0 spiro atoms. The lowest BCUT2D eigenvalue weighted by Gasteiger charge is -2.34. The first kappa shape index (κ1) is 15.0. The first-order chi connectivity index (χ1) is 8.94. The third-order valence-corrected chi connectivity index (χ3v) is 4.33. The second-order valence-corrected chi connectivity index (χ2v) is 7.18. The fraction of sp³-hybridized carbons (Fsp3) is 0.500. The van der Waals surface area contributed by atoms with Gasteiger partial charge in [0, 0.05) is 28.6 Å². The summed E-state index contributed by atoms with van der Waals surface area (Å²) in [5.74, 6) is -0.475. The molecule has 2 rings (SSSR count). The number of piperidine rings is 1. The molecule has 1 heterocycles. The molecule has 0 amide bonds. The van der Waals surface area contributed by atoms with Crippen molar-refractivity contribution in [2.75, 3.05) is 13.1 Å². The molecule has 2 unspecified atom stereocenters. The number of nitrogens with zero attached hydrogens (tertiary/aromatic N) is 1. The van der Waals surface area contributed by atoms with Gasteiger partial charge in [0.2, 0.25) is 0 Å². The van der Waals surface area contributed by atoms with Crippen molar-refractivity contribution in [3.8, 4) is 0 Å². The standard InChI is InChI=1S/C14H17Br2NO2/c1-9-2-11(14(18)19)8-17(6-9)7-10-3-12(15)5-13(16)4-10/h3-5,9,11H,2,6-8H2,1H3,(H,18,19). The van der Waals surface area contributed by atoms with Crippen LogP contribution >= 0.6 is 31.9 Å². The Morgan fingerprint density at radius 2 is 1.95 bits per heavy atom. The fourth-order valence-corrected chi connectivity index (χ4v) is 4.12. The van der Waals surface area contributed by atoms with Gasteiger partial charge in [-0.2, -0.15) is 0 Å². The van der Waals surface area contributed by atoms with E-state index in [9.17, 15) is 9.90 Å². The zero-order chi connectivity index (χ0) is 14.0. The Labute approximate surface area is 130 Å². The quantitative estimate of drug-likeness (QED) is 0.854. The van der Waals surface area contributed by atoms with E-state index in [0.29, 0.717) is 12.5 Å². The number of carboxylic acids is 1. The van der Waals surface area contributed by atoms with Crippen molar-refractivity contribution in [2.24, 2.45) is 11.8 Å². The molecule has 3 nitrogen and oxygen atoms in total. The number of hydrogen-bond acceptors (Lipinski definition) is 2. The molecular weight excluding hydrogens is 374 g/mol. The summed E-state index contributed by atoms with van der Waals surface area (Å²) in [6.45, 7) is 4.53. The number of carboxylic acid groups (broad SMARTS) is 1.